The fraction of sp³-hybridized carbons (Fsp3) is 0.920. The zero-order chi connectivity index (χ0) is 101. The predicted molar refractivity (Wildman–Crippen MR) is 585 cm³/mol. The first-order chi connectivity index (χ1) is 63.2. The van der Waals surface area contributed by atoms with Crippen molar-refractivity contribution < 1.29 is 0 Å². The lowest BCUT2D eigenvalue weighted by atomic mass is 9.78. The number of hydrogen-bond donors (Lipinski definition) is 5. The van der Waals surface area contributed by atoms with E-state index in [2.05, 4.69) is 320 Å². The van der Waals surface area contributed by atoms with Crippen LogP contribution in [0.3, 0.4) is 0 Å². The number of unbranched alkanes of at least 4 members (excludes halogenated alkanes) is 15. The van der Waals surface area contributed by atoms with E-state index >= 15 is 0 Å². The van der Waals surface area contributed by atoms with Gasteiger partial charge in [-0.1, -0.05) is 173 Å². The Balaban J connectivity index is 1.48. The minimum Gasteiger partial charge on any atom is -0.341 e. The maximum absolute atomic E-state index is 6.10. The summed E-state index contributed by atoms with van der Waals surface area (Å²) in [6.07, 6.45) is 38.8. The maximum Gasteiger partial charge on any atom is 0.232 e. The molecule has 0 radical (unpaired) electrons. The van der Waals surface area contributed by atoms with E-state index in [1.165, 1.54) is 0 Å². The van der Waals surface area contributed by atoms with E-state index < -0.39 is 5.41 Å². The minimum atomic E-state index is -0.485. The van der Waals surface area contributed by atoms with E-state index in [0.29, 0.717) is 12.1 Å². The normalized spacial score (nSPS) is 18.0. The van der Waals surface area contributed by atoms with Crippen molar-refractivity contribution in [3.05, 3.63) is 11.6 Å². The number of piperidine rings is 3. The molecule has 3 atom stereocenters. The Morgan fingerprint density at radius 1 is 0.304 bits per heavy atom. The SMILES string of the molecule is CCCCN(CCCC)c1nc(C(C)N(CCCCCCN(c2nc(N(CCCC)C3CC(C)(C)NC(C)(C)C3)nc(C(C)(C)CN(CCCCCCN(c3nc(N(CCCC)CCCC)nc(N(CCCC)CCCC)n3)C(CC)CC(C)(C)NC(C)(C)C)C(CC)CC(C)(C)NC(C)(C)C)n2)C2CC(C)(C)NC(C)(C)C2)C2CC(C)(C)NC(C)(C)C2)nc(N(CCCC)CCCC)n1. The Bertz CT molecular complexity index is 3620. The van der Waals surface area contributed by atoms with Gasteiger partial charge in [-0.15, -0.1) is 0 Å². The zero-order valence-corrected chi connectivity index (χ0v) is 95.4. The van der Waals surface area contributed by atoms with Crippen LogP contribution in [-0.2, 0) is 5.41 Å². The molecule has 3 fully saturated rings. The van der Waals surface area contributed by atoms with E-state index in [1.807, 2.05) is 0 Å². The van der Waals surface area contributed by atoms with Crippen LogP contribution in [0.15, 0.2) is 0 Å². The molecule has 135 heavy (non-hydrogen) atoms. The van der Waals surface area contributed by atoms with Crippen LogP contribution in [0, 0.1) is 0 Å². The number of hydrogen-bond acceptors (Lipinski definition) is 23. The first-order valence-electron chi connectivity index (χ1n) is 56.2. The summed E-state index contributed by atoms with van der Waals surface area (Å²) in [5, 5.41) is 20.5. The average Bonchev–Trinajstić information content (AvgIpc) is 0.805. The smallest absolute Gasteiger partial charge is 0.232 e. The number of anilines is 7. The molecule has 0 aliphatic carbocycles. The molecular weight excluding hydrogens is 1670 g/mol. The Hall–Kier alpha value is -4.65. The van der Waals surface area contributed by atoms with Crippen molar-refractivity contribution in [3.8, 4) is 0 Å². The van der Waals surface area contributed by atoms with Gasteiger partial charge < -0.3 is 60.9 Å². The highest BCUT2D eigenvalue weighted by Gasteiger charge is 2.47. The van der Waals surface area contributed by atoms with Crippen molar-refractivity contribution in [1.29, 1.82) is 0 Å². The Morgan fingerprint density at radius 3 is 0.904 bits per heavy atom. The lowest BCUT2D eigenvalue weighted by molar-refractivity contribution is 0.0392. The zero-order valence-electron chi connectivity index (χ0n) is 95.4. The second kappa shape index (κ2) is 54.7. The van der Waals surface area contributed by atoms with Gasteiger partial charge in [-0.2, -0.15) is 44.9 Å². The van der Waals surface area contributed by atoms with Gasteiger partial charge in [0, 0.05) is 170 Å². The molecule has 0 saturated carbocycles. The molecule has 782 valence electrons. The largest absolute Gasteiger partial charge is 0.341 e. The molecule has 6 heterocycles. The van der Waals surface area contributed by atoms with Gasteiger partial charge in [-0.3, -0.25) is 9.80 Å². The third-order valence-electron chi connectivity index (χ3n) is 28.7. The van der Waals surface area contributed by atoms with Gasteiger partial charge in [0.1, 0.15) is 5.82 Å². The van der Waals surface area contributed by atoms with E-state index in [9.17, 15) is 0 Å². The fourth-order valence-electron chi connectivity index (χ4n) is 23.7. The molecule has 5 N–H and O–H groups in total. The summed E-state index contributed by atoms with van der Waals surface area (Å²) < 4.78 is 0. The monoisotopic (exact) mass is 1890 g/mol. The van der Waals surface area contributed by atoms with Gasteiger partial charge in [-0.05, 0) is 320 Å². The molecule has 0 amide bonds. The topological polar surface area (TPSA) is 205 Å². The quantitative estimate of drug-likeness (QED) is 0.0333. The maximum atomic E-state index is 6.10. The van der Waals surface area contributed by atoms with Crippen molar-refractivity contribution in [3.63, 3.8) is 0 Å². The van der Waals surface area contributed by atoms with Crippen LogP contribution in [-0.4, -0.2) is 232 Å². The van der Waals surface area contributed by atoms with Gasteiger partial charge in [0.2, 0.25) is 41.6 Å². The molecule has 0 aromatic carbocycles. The molecule has 3 aromatic heterocycles. The summed E-state index contributed by atoms with van der Waals surface area (Å²) in [6, 6.07) is 1.25. The summed E-state index contributed by atoms with van der Waals surface area (Å²) in [7, 11) is 0. The van der Waals surface area contributed by atoms with Crippen LogP contribution in [0.1, 0.15) is 498 Å². The predicted octanol–water partition coefficient (Wildman–Crippen LogP) is 25.1. The van der Waals surface area contributed by atoms with Crippen molar-refractivity contribution in [2.24, 2.45) is 0 Å². The molecule has 3 aliphatic heterocycles. The molecular formula is C112H219N23. The van der Waals surface area contributed by atoms with Crippen molar-refractivity contribution in [2.45, 2.75) is 577 Å². The van der Waals surface area contributed by atoms with Crippen molar-refractivity contribution >= 4 is 41.6 Å². The van der Waals surface area contributed by atoms with Crippen LogP contribution in [0.5, 0.6) is 0 Å². The molecule has 3 aromatic rings. The summed E-state index contributed by atoms with van der Waals surface area (Å²) in [6.45, 7) is 98.7. The van der Waals surface area contributed by atoms with Gasteiger partial charge in [-0.25, -0.2) is 0 Å². The number of nitrogens with one attached hydrogen (secondary N) is 5. The van der Waals surface area contributed by atoms with Gasteiger partial charge in [0.05, 0.1) is 6.04 Å². The van der Waals surface area contributed by atoms with E-state index in [0.717, 1.165) is 376 Å². The van der Waals surface area contributed by atoms with Crippen molar-refractivity contribution in [1.82, 2.24) is 81.2 Å². The highest BCUT2D eigenvalue weighted by Crippen LogP contribution is 2.42. The highest BCUT2D eigenvalue weighted by atomic mass is 15.4. The standard InChI is InChI=1S/C112H219N23/c1-37-48-65-127(66-49-38-2)95-113-93(114-96(117-95)128(67-50-39-3)68-51-40-4)87(12)132(90-80-107(25,26)124-108(27,28)81-90)75-62-59-60-64-77-135(92-84-111(33,34)126-112(35,36)85-92)100-116-94(115-99(121-100)134(74-56-45-9)91-82-109(29,30)125-110(31,32)83-91)104(19,20)86-131(88(46-10)78-105(21,22)122-102(13,14)15)73-61-57-58-63-76-133(89(47-11)79-106(23,24)123-103(16,17)18)101-119-97(129(69-52-41-5)70-53-42-6)118-98(120-101)130(71-54-43-7)72-55-44-8/h87-92,122-126H,37-86H2,1-36H3. The Labute approximate surface area is 833 Å². The lowest BCUT2D eigenvalue weighted by Gasteiger charge is -2.51. The van der Waals surface area contributed by atoms with E-state index in [-0.39, 0.29) is 79.6 Å². The van der Waals surface area contributed by atoms with Gasteiger partial charge in [0.15, 0.2) is 5.82 Å². The summed E-state index contributed by atoms with van der Waals surface area (Å²) in [5.41, 5.74) is -1.35. The second-order valence-corrected chi connectivity index (χ2v) is 50.5. The second-order valence-electron chi connectivity index (χ2n) is 50.5. The Kier molecular flexibility index (Phi) is 48.2. The summed E-state index contributed by atoms with van der Waals surface area (Å²) in [5.74, 6) is 7.83. The van der Waals surface area contributed by atoms with Crippen LogP contribution >= 0.6 is 0 Å². The average molecular weight is 1890 g/mol. The van der Waals surface area contributed by atoms with Crippen LogP contribution in [0.2, 0.25) is 0 Å². The van der Waals surface area contributed by atoms with Crippen LogP contribution in [0.25, 0.3) is 0 Å². The third kappa shape index (κ3) is 40.9. The van der Waals surface area contributed by atoms with Gasteiger partial charge in [0.25, 0.3) is 0 Å². The molecule has 6 rings (SSSR count). The molecule has 23 nitrogen and oxygen atoms in total. The summed E-state index contributed by atoms with van der Waals surface area (Å²) in [4.78, 5) is 75.6. The number of aromatic nitrogens is 9. The van der Waals surface area contributed by atoms with Crippen LogP contribution in [0.4, 0.5) is 41.6 Å². The van der Waals surface area contributed by atoms with E-state index in [4.69, 9.17) is 44.9 Å². The number of nitrogens with zero attached hydrogens (tertiary/aromatic N) is 18. The fourth-order valence-corrected chi connectivity index (χ4v) is 23.7. The summed E-state index contributed by atoms with van der Waals surface area (Å²) >= 11 is 0. The van der Waals surface area contributed by atoms with Crippen molar-refractivity contribution in [2.75, 3.05) is 126 Å². The molecule has 0 spiro atoms. The van der Waals surface area contributed by atoms with Crippen LogP contribution < -0.4 is 60.9 Å². The Morgan fingerprint density at radius 2 is 0.578 bits per heavy atom. The number of rotatable bonds is 66. The molecule has 23 heteroatoms. The van der Waals surface area contributed by atoms with E-state index in [1.54, 1.807) is 0 Å². The molecule has 3 saturated heterocycles. The molecule has 3 unspecified atom stereocenters. The first kappa shape index (κ1) is 119. The lowest BCUT2D eigenvalue weighted by Crippen LogP contribution is -2.63. The minimum absolute atomic E-state index is 0.0120. The first-order valence-corrected chi connectivity index (χ1v) is 56.2. The molecule has 0 bridgehead atoms. The van der Waals surface area contributed by atoms with Gasteiger partial charge >= 0.3 is 0 Å². The highest BCUT2D eigenvalue weighted by molar-refractivity contribution is 5.49. The molecule has 3 aliphatic rings. The third-order valence-corrected chi connectivity index (χ3v) is 28.7.